The van der Waals surface area contributed by atoms with E-state index in [0.717, 1.165) is 31.9 Å². The third-order valence-electron chi connectivity index (χ3n) is 3.70. The molecule has 2 N–H and O–H groups in total. The van der Waals surface area contributed by atoms with Crippen molar-refractivity contribution in [1.82, 2.24) is 9.80 Å². The number of likely N-dealkylation sites (N-methyl/N-ethyl adjacent to an activating group) is 1. The first-order valence-electron chi connectivity index (χ1n) is 6.51. The molecule has 1 atom stereocenters. The second kappa shape index (κ2) is 6.18. The number of ether oxygens (including phenoxy) is 1. The molecule has 1 saturated heterocycles. The van der Waals surface area contributed by atoms with Gasteiger partial charge in [-0.2, -0.15) is 0 Å². The first-order valence-corrected chi connectivity index (χ1v) is 6.51. The van der Waals surface area contributed by atoms with E-state index in [4.69, 9.17) is 10.5 Å². The van der Waals surface area contributed by atoms with Crippen LogP contribution in [0.3, 0.4) is 0 Å². The summed E-state index contributed by atoms with van der Waals surface area (Å²) in [6, 6.07) is 8.58. The molecule has 0 aromatic heterocycles. The van der Waals surface area contributed by atoms with Crippen molar-refractivity contribution in [3.05, 3.63) is 29.8 Å². The predicted octanol–water partition coefficient (Wildman–Crippen LogP) is 0.942. The Bertz CT molecular complexity index is 358. The molecule has 1 fully saturated rings. The zero-order valence-electron chi connectivity index (χ0n) is 11.3. The van der Waals surface area contributed by atoms with Crippen LogP contribution in [0.2, 0.25) is 0 Å². The summed E-state index contributed by atoms with van der Waals surface area (Å²) >= 11 is 0. The number of hydrogen-bond donors (Lipinski definition) is 1. The van der Waals surface area contributed by atoms with Crippen LogP contribution >= 0.6 is 0 Å². The average Bonchev–Trinajstić information content (AvgIpc) is 2.42. The van der Waals surface area contributed by atoms with Crippen LogP contribution in [0.25, 0.3) is 0 Å². The third-order valence-corrected chi connectivity index (χ3v) is 3.70. The molecule has 4 nitrogen and oxygen atoms in total. The SMILES string of the molecule is COc1ccc(C(CN)N2CCN(C)CC2)cc1. The number of methoxy groups -OCH3 is 1. The first-order chi connectivity index (χ1) is 8.74. The zero-order chi connectivity index (χ0) is 13.0. The standard InChI is InChI=1S/C14H23N3O/c1-16-7-9-17(10-8-16)14(11-15)12-3-5-13(18-2)6-4-12/h3-6,14H,7-11,15H2,1-2H3. The molecule has 0 amide bonds. The minimum Gasteiger partial charge on any atom is -0.497 e. The number of hydrogen-bond acceptors (Lipinski definition) is 4. The quantitative estimate of drug-likeness (QED) is 0.862. The molecule has 100 valence electrons. The molecule has 0 aliphatic carbocycles. The van der Waals surface area contributed by atoms with Crippen molar-refractivity contribution in [2.75, 3.05) is 46.9 Å². The number of rotatable bonds is 4. The van der Waals surface area contributed by atoms with Crippen LogP contribution in [0.15, 0.2) is 24.3 Å². The van der Waals surface area contributed by atoms with Crippen LogP contribution in [0, 0.1) is 0 Å². The first kappa shape index (κ1) is 13.3. The molecule has 1 aliphatic heterocycles. The Morgan fingerprint density at radius 1 is 1.17 bits per heavy atom. The van der Waals surface area contributed by atoms with Crippen LogP contribution < -0.4 is 10.5 Å². The highest BCUT2D eigenvalue weighted by molar-refractivity contribution is 5.29. The van der Waals surface area contributed by atoms with Gasteiger partial charge in [-0.15, -0.1) is 0 Å². The molecular formula is C14H23N3O. The molecule has 0 bridgehead atoms. The van der Waals surface area contributed by atoms with Crippen LogP contribution in [0.1, 0.15) is 11.6 Å². The molecular weight excluding hydrogens is 226 g/mol. The highest BCUT2D eigenvalue weighted by atomic mass is 16.5. The Kier molecular flexibility index (Phi) is 4.58. The summed E-state index contributed by atoms with van der Waals surface area (Å²) in [4.78, 5) is 4.83. The van der Waals surface area contributed by atoms with Gasteiger partial charge in [-0.1, -0.05) is 12.1 Å². The van der Waals surface area contributed by atoms with Crippen molar-refractivity contribution in [3.8, 4) is 5.75 Å². The van der Waals surface area contributed by atoms with Gasteiger partial charge in [0.2, 0.25) is 0 Å². The van der Waals surface area contributed by atoms with Crippen LogP contribution in [-0.2, 0) is 0 Å². The van der Waals surface area contributed by atoms with Crippen LogP contribution in [0.4, 0.5) is 0 Å². The summed E-state index contributed by atoms with van der Waals surface area (Å²) in [5, 5.41) is 0. The van der Waals surface area contributed by atoms with Crippen LogP contribution in [0.5, 0.6) is 5.75 Å². The van der Waals surface area contributed by atoms with E-state index in [1.807, 2.05) is 12.1 Å². The summed E-state index contributed by atoms with van der Waals surface area (Å²) in [7, 11) is 3.86. The lowest BCUT2D eigenvalue weighted by Crippen LogP contribution is -2.47. The summed E-state index contributed by atoms with van der Waals surface area (Å²) in [6.07, 6.45) is 0. The number of benzene rings is 1. The smallest absolute Gasteiger partial charge is 0.118 e. The lowest BCUT2D eigenvalue weighted by atomic mass is 10.0. The number of nitrogens with two attached hydrogens (primary N) is 1. The van der Waals surface area contributed by atoms with Gasteiger partial charge in [0.25, 0.3) is 0 Å². The van der Waals surface area contributed by atoms with Gasteiger partial charge in [0.1, 0.15) is 5.75 Å². The van der Waals surface area contributed by atoms with E-state index in [2.05, 4.69) is 29.0 Å². The maximum atomic E-state index is 5.95. The van der Waals surface area contributed by atoms with E-state index < -0.39 is 0 Å². The van der Waals surface area contributed by atoms with Crippen molar-refractivity contribution < 1.29 is 4.74 Å². The topological polar surface area (TPSA) is 41.7 Å². The van der Waals surface area contributed by atoms with Gasteiger partial charge in [0.15, 0.2) is 0 Å². The molecule has 0 radical (unpaired) electrons. The molecule has 1 aliphatic rings. The highest BCUT2D eigenvalue weighted by Gasteiger charge is 2.22. The van der Waals surface area contributed by atoms with Gasteiger partial charge < -0.3 is 15.4 Å². The van der Waals surface area contributed by atoms with E-state index in [0.29, 0.717) is 12.6 Å². The van der Waals surface area contributed by atoms with E-state index in [9.17, 15) is 0 Å². The molecule has 0 spiro atoms. The Morgan fingerprint density at radius 3 is 2.28 bits per heavy atom. The maximum Gasteiger partial charge on any atom is 0.118 e. The fourth-order valence-electron chi connectivity index (χ4n) is 2.46. The van der Waals surface area contributed by atoms with E-state index in [1.165, 1.54) is 5.56 Å². The van der Waals surface area contributed by atoms with Gasteiger partial charge in [0.05, 0.1) is 7.11 Å². The molecule has 1 unspecified atom stereocenters. The summed E-state index contributed by atoms with van der Waals surface area (Å²) in [5.41, 5.74) is 7.23. The van der Waals surface area contributed by atoms with Crippen molar-refractivity contribution >= 4 is 0 Å². The predicted molar refractivity (Wildman–Crippen MR) is 73.9 cm³/mol. The molecule has 18 heavy (non-hydrogen) atoms. The minimum atomic E-state index is 0.324. The molecule has 2 rings (SSSR count). The van der Waals surface area contributed by atoms with Gasteiger partial charge in [-0.3, -0.25) is 4.90 Å². The summed E-state index contributed by atoms with van der Waals surface area (Å²) < 4.78 is 5.19. The van der Waals surface area contributed by atoms with E-state index in [-0.39, 0.29) is 0 Å². The van der Waals surface area contributed by atoms with E-state index in [1.54, 1.807) is 7.11 Å². The lowest BCUT2D eigenvalue weighted by Gasteiger charge is -2.37. The molecule has 1 aromatic carbocycles. The Balaban J connectivity index is 2.07. The molecule has 1 heterocycles. The largest absolute Gasteiger partial charge is 0.497 e. The van der Waals surface area contributed by atoms with Gasteiger partial charge >= 0.3 is 0 Å². The minimum absolute atomic E-state index is 0.324. The fourth-order valence-corrected chi connectivity index (χ4v) is 2.46. The van der Waals surface area contributed by atoms with Crippen molar-refractivity contribution in [3.63, 3.8) is 0 Å². The number of nitrogens with zero attached hydrogens (tertiary/aromatic N) is 2. The van der Waals surface area contributed by atoms with Crippen molar-refractivity contribution in [1.29, 1.82) is 0 Å². The highest BCUT2D eigenvalue weighted by Crippen LogP contribution is 2.23. The number of piperazine rings is 1. The zero-order valence-corrected chi connectivity index (χ0v) is 11.3. The molecule has 0 saturated carbocycles. The molecule has 4 heteroatoms. The summed E-state index contributed by atoms with van der Waals surface area (Å²) in [5.74, 6) is 0.896. The second-order valence-corrected chi connectivity index (χ2v) is 4.86. The summed E-state index contributed by atoms with van der Waals surface area (Å²) in [6.45, 7) is 5.07. The fraction of sp³-hybridized carbons (Fsp3) is 0.571. The Labute approximate surface area is 109 Å². The van der Waals surface area contributed by atoms with Crippen molar-refractivity contribution in [2.24, 2.45) is 5.73 Å². The monoisotopic (exact) mass is 249 g/mol. The van der Waals surface area contributed by atoms with Gasteiger partial charge in [-0.25, -0.2) is 0 Å². The maximum absolute atomic E-state index is 5.95. The average molecular weight is 249 g/mol. The normalized spacial score (nSPS) is 19.7. The van der Waals surface area contributed by atoms with Crippen LogP contribution in [-0.4, -0.2) is 56.7 Å². The van der Waals surface area contributed by atoms with E-state index >= 15 is 0 Å². The Morgan fingerprint density at radius 2 is 1.78 bits per heavy atom. The van der Waals surface area contributed by atoms with Gasteiger partial charge in [-0.05, 0) is 24.7 Å². The van der Waals surface area contributed by atoms with Gasteiger partial charge in [0, 0.05) is 38.8 Å². The Hall–Kier alpha value is -1.10. The lowest BCUT2D eigenvalue weighted by molar-refractivity contribution is 0.114. The second-order valence-electron chi connectivity index (χ2n) is 4.86. The van der Waals surface area contributed by atoms with Crippen molar-refractivity contribution in [2.45, 2.75) is 6.04 Å². The molecule has 1 aromatic rings. The third kappa shape index (κ3) is 3.02.